The number of nitrogens with zero attached hydrogens (tertiary/aromatic N) is 3. The Hall–Kier alpha value is -2.81. The molecule has 2 aromatic heterocycles. The summed E-state index contributed by atoms with van der Waals surface area (Å²) in [6.07, 6.45) is 12.3. The minimum atomic E-state index is -0.562. The standard InChI is InChI=1S/C5H6N2O.C4H6O3.C4H8O.C3H4N2/c1-5(8)7-3-2-6-4-7;1-3(5)7-4(2)6;1-2-4-5-3-1;1-2-5-3-4-1/h2-4H,1H3;1-2H3;1-4H2;1-3H,(H,4,5). The summed E-state index contributed by atoms with van der Waals surface area (Å²) in [6, 6.07) is 0. The molecule has 1 saturated heterocycles. The maximum absolute atomic E-state index is 10.4. The number of rotatable bonds is 0. The van der Waals surface area contributed by atoms with Crippen molar-refractivity contribution in [2.45, 2.75) is 33.6 Å². The molecule has 1 N–H and O–H groups in total. The minimum absolute atomic E-state index is 0.0116. The van der Waals surface area contributed by atoms with Crippen LogP contribution in [-0.2, 0) is 19.1 Å². The number of ether oxygens (including phenoxy) is 2. The first-order valence-corrected chi connectivity index (χ1v) is 7.61. The van der Waals surface area contributed by atoms with Gasteiger partial charge >= 0.3 is 11.9 Å². The number of esters is 2. The molecule has 0 aromatic carbocycles. The monoisotopic (exact) mass is 352 g/mol. The highest BCUT2D eigenvalue weighted by Crippen LogP contribution is 1.98. The summed E-state index contributed by atoms with van der Waals surface area (Å²) >= 11 is 0. The van der Waals surface area contributed by atoms with E-state index in [0.717, 1.165) is 13.2 Å². The van der Waals surface area contributed by atoms with Crippen LogP contribution in [0.3, 0.4) is 0 Å². The normalized spacial score (nSPS) is 11.5. The molecule has 0 radical (unpaired) electrons. The van der Waals surface area contributed by atoms with E-state index >= 15 is 0 Å². The highest BCUT2D eigenvalue weighted by Gasteiger charge is 1.95. The fraction of sp³-hybridized carbons (Fsp3) is 0.438. The highest BCUT2D eigenvalue weighted by atomic mass is 16.6. The van der Waals surface area contributed by atoms with Crippen molar-refractivity contribution < 1.29 is 23.9 Å². The molecule has 9 heteroatoms. The molecule has 0 aliphatic carbocycles. The lowest BCUT2D eigenvalue weighted by Crippen LogP contribution is -2.03. The SMILES string of the molecule is C1CCOC1.CC(=O)OC(C)=O.CC(=O)n1ccnc1.c1c[nH]cn1. The summed E-state index contributed by atoms with van der Waals surface area (Å²) < 4.78 is 10.3. The first-order chi connectivity index (χ1) is 11.9. The van der Waals surface area contributed by atoms with Crippen molar-refractivity contribution >= 4 is 17.8 Å². The third-order valence-corrected chi connectivity index (χ3v) is 2.39. The molecule has 1 aliphatic rings. The van der Waals surface area contributed by atoms with Crippen LogP contribution in [0.25, 0.3) is 0 Å². The molecule has 25 heavy (non-hydrogen) atoms. The van der Waals surface area contributed by atoms with Crippen molar-refractivity contribution in [1.82, 2.24) is 19.5 Å². The summed E-state index contributed by atoms with van der Waals surface area (Å²) in [6.45, 7) is 5.85. The number of hydrogen-bond acceptors (Lipinski definition) is 7. The number of aromatic nitrogens is 4. The molecule has 3 rings (SSSR count). The Balaban J connectivity index is 0.000000313. The molecule has 0 unspecified atom stereocenters. The van der Waals surface area contributed by atoms with Crippen molar-refractivity contribution in [1.29, 1.82) is 0 Å². The van der Waals surface area contributed by atoms with E-state index in [1.807, 2.05) is 0 Å². The van der Waals surface area contributed by atoms with E-state index in [-0.39, 0.29) is 5.91 Å². The average molecular weight is 352 g/mol. The Morgan fingerprint density at radius 1 is 1.04 bits per heavy atom. The van der Waals surface area contributed by atoms with Crippen molar-refractivity contribution in [3.8, 4) is 0 Å². The van der Waals surface area contributed by atoms with Gasteiger partial charge in [-0.2, -0.15) is 0 Å². The van der Waals surface area contributed by atoms with Crippen molar-refractivity contribution in [3.05, 3.63) is 37.4 Å². The molecule has 1 fully saturated rings. The highest BCUT2D eigenvalue weighted by molar-refractivity contribution is 5.82. The number of carbonyl (C=O) groups is 3. The second-order valence-corrected chi connectivity index (χ2v) is 4.65. The molecule has 138 valence electrons. The van der Waals surface area contributed by atoms with E-state index in [1.165, 1.54) is 44.5 Å². The lowest BCUT2D eigenvalue weighted by Gasteiger charge is -1.87. The Labute approximate surface area is 146 Å². The molecule has 0 amide bonds. The van der Waals surface area contributed by atoms with Gasteiger partial charge in [-0.05, 0) is 12.8 Å². The van der Waals surface area contributed by atoms with Crippen LogP contribution in [0.5, 0.6) is 0 Å². The van der Waals surface area contributed by atoms with Crippen LogP contribution in [0.1, 0.15) is 38.4 Å². The molecule has 0 saturated carbocycles. The Morgan fingerprint density at radius 3 is 1.84 bits per heavy atom. The topological polar surface area (TPSA) is 116 Å². The van der Waals surface area contributed by atoms with Gasteiger partial charge in [-0.25, -0.2) is 9.97 Å². The van der Waals surface area contributed by atoms with Crippen LogP contribution in [-0.4, -0.2) is 50.6 Å². The van der Waals surface area contributed by atoms with E-state index in [9.17, 15) is 14.4 Å². The summed E-state index contributed by atoms with van der Waals surface area (Å²) in [5.74, 6) is -1.14. The molecular weight excluding hydrogens is 328 g/mol. The van der Waals surface area contributed by atoms with Gasteiger partial charge in [0.25, 0.3) is 0 Å². The van der Waals surface area contributed by atoms with Gasteiger partial charge in [0.05, 0.1) is 6.33 Å². The zero-order chi connectivity index (χ0) is 18.9. The number of aromatic amines is 1. The minimum Gasteiger partial charge on any atom is -0.394 e. The molecule has 2 aromatic rings. The van der Waals surface area contributed by atoms with Gasteiger partial charge in [-0.1, -0.05) is 0 Å². The van der Waals surface area contributed by atoms with E-state index in [0.29, 0.717) is 0 Å². The Kier molecular flexibility index (Phi) is 13.1. The number of H-pyrrole nitrogens is 1. The lowest BCUT2D eigenvalue weighted by atomic mass is 10.4. The molecule has 9 nitrogen and oxygen atoms in total. The van der Waals surface area contributed by atoms with Gasteiger partial charge in [-0.15, -0.1) is 0 Å². The van der Waals surface area contributed by atoms with E-state index in [1.54, 1.807) is 31.1 Å². The maximum Gasteiger partial charge on any atom is 0.310 e. The van der Waals surface area contributed by atoms with Crippen LogP contribution in [0.2, 0.25) is 0 Å². The number of nitrogens with one attached hydrogen (secondary N) is 1. The predicted molar refractivity (Wildman–Crippen MR) is 89.6 cm³/mol. The average Bonchev–Trinajstić information content (AvgIpc) is 3.31. The number of hydrogen-bond donors (Lipinski definition) is 1. The lowest BCUT2D eigenvalue weighted by molar-refractivity contribution is -0.156. The third-order valence-electron chi connectivity index (χ3n) is 2.39. The molecule has 0 atom stereocenters. The number of imidazole rings is 2. The fourth-order valence-corrected chi connectivity index (χ4v) is 1.37. The summed E-state index contributed by atoms with van der Waals surface area (Å²) in [4.78, 5) is 40.2. The zero-order valence-electron chi connectivity index (χ0n) is 14.7. The first kappa shape index (κ1) is 22.2. The van der Waals surface area contributed by atoms with Gasteiger partial charge in [0.2, 0.25) is 5.91 Å². The largest absolute Gasteiger partial charge is 0.394 e. The van der Waals surface area contributed by atoms with Crippen LogP contribution in [0.15, 0.2) is 37.4 Å². The molecular formula is C16H24N4O5. The molecule has 0 bridgehead atoms. The van der Waals surface area contributed by atoms with Gasteiger partial charge in [0, 0.05) is 58.8 Å². The zero-order valence-corrected chi connectivity index (χ0v) is 14.7. The molecule has 1 aliphatic heterocycles. The quantitative estimate of drug-likeness (QED) is 0.568. The smallest absolute Gasteiger partial charge is 0.310 e. The summed E-state index contributed by atoms with van der Waals surface area (Å²) in [7, 11) is 0. The summed E-state index contributed by atoms with van der Waals surface area (Å²) in [5, 5.41) is 0. The van der Waals surface area contributed by atoms with Crippen LogP contribution >= 0.6 is 0 Å². The van der Waals surface area contributed by atoms with Crippen molar-refractivity contribution in [2.75, 3.05) is 13.2 Å². The van der Waals surface area contributed by atoms with Crippen molar-refractivity contribution in [3.63, 3.8) is 0 Å². The van der Waals surface area contributed by atoms with Gasteiger partial charge in [0.1, 0.15) is 6.33 Å². The van der Waals surface area contributed by atoms with E-state index in [4.69, 9.17) is 4.74 Å². The Morgan fingerprint density at radius 2 is 1.68 bits per heavy atom. The second kappa shape index (κ2) is 14.8. The molecule has 3 heterocycles. The number of carbonyl (C=O) groups excluding carboxylic acids is 3. The maximum atomic E-state index is 10.4. The van der Waals surface area contributed by atoms with Gasteiger partial charge < -0.3 is 14.5 Å². The van der Waals surface area contributed by atoms with Crippen molar-refractivity contribution in [2.24, 2.45) is 0 Å². The van der Waals surface area contributed by atoms with Gasteiger partial charge in [0.15, 0.2) is 0 Å². The fourth-order valence-electron chi connectivity index (χ4n) is 1.37. The third kappa shape index (κ3) is 15.8. The molecule has 0 spiro atoms. The van der Waals surface area contributed by atoms with E-state index < -0.39 is 11.9 Å². The van der Waals surface area contributed by atoms with Crippen LogP contribution < -0.4 is 0 Å². The predicted octanol–water partition coefficient (Wildman–Crippen LogP) is 1.85. The second-order valence-electron chi connectivity index (χ2n) is 4.65. The van der Waals surface area contributed by atoms with Gasteiger partial charge in [-0.3, -0.25) is 19.0 Å². The first-order valence-electron chi connectivity index (χ1n) is 7.61. The van der Waals surface area contributed by atoms with Crippen LogP contribution in [0, 0.1) is 0 Å². The summed E-state index contributed by atoms with van der Waals surface area (Å²) in [5.41, 5.74) is 0. The van der Waals surface area contributed by atoms with E-state index in [2.05, 4.69) is 19.7 Å². The Bertz CT molecular complexity index is 541. The van der Waals surface area contributed by atoms with Crippen LogP contribution in [0.4, 0.5) is 0 Å².